The first-order valence-electron chi connectivity index (χ1n) is 7.17. The van der Waals surface area contributed by atoms with Gasteiger partial charge in [0.15, 0.2) is 0 Å². The molecule has 1 aliphatic heterocycles. The molecule has 0 bridgehead atoms. The maximum absolute atomic E-state index is 12.5. The molecule has 2 aromatic rings. The van der Waals surface area contributed by atoms with E-state index < -0.39 is 21.8 Å². The molecule has 0 spiro atoms. The average Bonchev–Trinajstić information content (AvgIpc) is 2.81. The van der Waals surface area contributed by atoms with Crippen molar-refractivity contribution in [2.75, 3.05) is 16.7 Å². The van der Waals surface area contributed by atoms with Crippen molar-refractivity contribution in [3.63, 3.8) is 0 Å². The van der Waals surface area contributed by atoms with Gasteiger partial charge in [-0.15, -0.1) is 0 Å². The van der Waals surface area contributed by atoms with Crippen molar-refractivity contribution in [3.8, 4) is 0 Å². The van der Waals surface area contributed by atoms with Crippen molar-refractivity contribution in [2.45, 2.75) is 17.5 Å². The lowest BCUT2D eigenvalue weighted by Crippen LogP contribution is -2.20. The number of nitrogens with one attached hydrogen (secondary N) is 1. The van der Waals surface area contributed by atoms with Gasteiger partial charge in [0.05, 0.1) is 16.9 Å². The third-order valence-electron chi connectivity index (χ3n) is 3.90. The molecule has 0 saturated carbocycles. The van der Waals surface area contributed by atoms with Crippen LogP contribution in [0.15, 0.2) is 47.4 Å². The smallest absolute Gasteiger partial charge is 0.315 e. The van der Waals surface area contributed by atoms with Crippen LogP contribution in [0.5, 0.6) is 0 Å². The number of benzene rings is 2. The van der Waals surface area contributed by atoms with Gasteiger partial charge in [0, 0.05) is 18.4 Å². The molecule has 3 rings (SSSR count). The predicted octanol–water partition coefficient (Wildman–Crippen LogP) is 3.03. The summed E-state index contributed by atoms with van der Waals surface area (Å²) in [5.74, 6) is -0.139. The third-order valence-corrected chi connectivity index (χ3v) is 5.28. The highest BCUT2D eigenvalue weighted by Crippen LogP contribution is 2.32. The van der Waals surface area contributed by atoms with Crippen molar-refractivity contribution in [2.24, 2.45) is 0 Å². The number of amides is 1. The van der Waals surface area contributed by atoms with Gasteiger partial charge >= 0.3 is 6.18 Å². The lowest BCUT2D eigenvalue weighted by atomic mass is 10.2. The average molecular weight is 370 g/mol. The van der Waals surface area contributed by atoms with Crippen LogP contribution in [0, 0.1) is 0 Å². The summed E-state index contributed by atoms with van der Waals surface area (Å²) in [6.07, 6.45) is -4.38. The van der Waals surface area contributed by atoms with E-state index in [0.29, 0.717) is 11.3 Å². The van der Waals surface area contributed by atoms with Crippen LogP contribution in [-0.4, -0.2) is 21.4 Å². The Hall–Kier alpha value is -2.55. The van der Waals surface area contributed by atoms with Crippen molar-refractivity contribution < 1.29 is 26.4 Å². The van der Waals surface area contributed by atoms with Gasteiger partial charge in [0.1, 0.15) is 0 Å². The van der Waals surface area contributed by atoms with Crippen molar-refractivity contribution >= 4 is 27.3 Å². The standard InChI is InChI=1S/C16H13F3N2O3S/c1-21-14-7-6-13(8-10(14)9-15(21)22)25(23,24)20-12-4-2-11(3-5-12)16(17,18)19/h2-8,20H,9H2,1H3. The highest BCUT2D eigenvalue weighted by molar-refractivity contribution is 7.92. The number of alkyl halides is 3. The Bertz CT molecular complexity index is 938. The van der Waals surface area contributed by atoms with Gasteiger partial charge in [-0.05, 0) is 48.0 Å². The van der Waals surface area contributed by atoms with Gasteiger partial charge in [0.25, 0.3) is 10.0 Å². The van der Waals surface area contributed by atoms with Crippen molar-refractivity contribution in [1.82, 2.24) is 0 Å². The summed E-state index contributed by atoms with van der Waals surface area (Å²) >= 11 is 0. The molecule has 25 heavy (non-hydrogen) atoms. The van der Waals surface area contributed by atoms with E-state index in [0.717, 1.165) is 24.3 Å². The number of hydrogen-bond acceptors (Lipinski definition) is 3. The molecule has 9 heteroatoms. The summed E-state index contributed by atoms with van der Waals surface area (Å²) in [5, 5.41) is 0. The quantitative estimate of drug-likeness (QED) is 0.903. The maximum Gasteiger partial charge on any atom is 0.416 e. The molecule has 0 saturated heterocycles. The maximum atomic E-state index is 12.5. The fourth-order valence-corrected chi connectivity index (χ4v) is 3.66. The first-order chi connectivity index (χ1) is 11.6. The van der Waals surface area contributed by atoms with E-state index in [2.05, 4.69) is 4.72 Å². The normalized spacial score (nSPS) is 14.6. The van der Waals surface area contributed by atoms with Crippen LogP contribution in [0.4, 0.5) is 24.5 Å². The number of carbonyl (C=O) groups excluding carboxylic acids is 1. The predicted molar refractivity (Wildman–Crippen MR) is 85.8 cm³/mol. The second-order valence-electron chi connectivity index (χ2n) is 5.60. The first-order valence-corrected chi connectivity index (χ1v) is 8.66. The molecule has 0 aliphatic carbocycles. The molecule has 1 amide bonds. The van der Waals surface area contributed by atoms with Crippen LogP contribution in [0.25, 0.3) is 0 Å². The largest absolute Gasteiger partial charge is 0.416 e. The molecule has 0 unspecified atom stereocenters. The Kier molecular flexibility index (Phi) is 3.98. The summed E-state index contributed by atoms with van der Waals surface area (Å²) in [6, 6.07) is 7.96. The van der Waals surface area contributed by atoms with E-state index in [1.807, 2.05) is 0 Å². The van der Waals surface area contributed by atoms with Crippen LogP contribution in [0.3, 0.4) is 0 Å². The van der Waals surface area contributed by atoms with E-state index in [1.54, 1.807) is 7.05 Å². The Morgan fingerprint density at radius 3 is 2.32 bits per heavy atom. The molecule has 132 valence electrons. The van der Waals surface area contributed by atoms with Crippen LogP contribution in [0.2, 0.25) is 0 Å². The minimum Gasteiger partial charge on any atom is -0.315 e. The summed E-state index contributed by atoms with van der Waals surface area (Å²) in [5.41, 5.74) is 0.373. The molecule has 1 aliphatic rings. The topological polar surface area (TPSA) is 66.5 Å². The van der Waals surface area contributed by atoms with Gasteiger partial charge in [-0.3, -0.25) is 9.52 Å². The molecular weight excluding hydrogens is 357 g/mol. The van der Waals surface area contributed by atoms with E-state index in [1.165, 1.54) is 23.1 Å². The Balaban J connectivity index is 1.86. The second kappa shape index (κ2) is 5.76. The summed E-state index contributed by atoms with van der Waals surface area (Å²) in [6.45, 7) is 0. The van der Waals surface area contributed by atoms with E-state index in [-0.39, 0.29) is 22.9 Å². The zero-order valence-electron chi connectivity index (χ0n) is 13.0. The highest BCUT2D eigenvalue weighted by Gasteiger charge is 2.30. The third kappa shape index (κ3) is 3.32. The number of anilines is 2. The number of likely N-dealkylation sites (N-methyl/N-ethyl adjacent to an activating group) is 1. The van der Waals surface area contributed by atoms with Gasteiger partial charge in [-0.2, -0.15) is 13.2 Å². The van der Waals surface area contributed by atoms with Gasteiger partial charge in [-0.1, -0.05) is 0 Å². The van der Waals surface area contributed by atoms with Crippen molar-refractivity contribution in [1.29, 1.82) is 0 Å². The summed E-state index contributed by atoms with van der Waals surface area (Å²) in [4.78, 5) is 13.0. The monoisotopic (exact) mass is 370 g/mol. The van der Waals surface area contributed by atoms with E-state index in [9.17, 15) is 26.4 Å². The van der Waals surface area contributed by atoms with Gasteiger partial charge in [-0.25, -0.2) is 8.42 Å². The second-order valence-corrected chi connectivity index (χ2v) is 7.28. The lowest BCUT2D eigenvalue weighted by Gasteiger charge is -2.12. The van der Waals surface area contributed by atoms with Crippen LogP contribution in [-0.2, 0) is 27.4 Å². The molecule has 2 aromatic carbocycles. The summed E-state index contributed by atoms with van der Waals surface area (Å²) in [7, 11) is -2.38. The number of nitrogens with zero attached hydrogens (tertiary/aromatic N) is 1. The minimum absolute atomic E-state index is 0.0155. The van der Waals surface area contributed by atoms with Crippen LogP contribution in [0.1, 0.15) is 11.1 Å². The van der Waals surface area contributed by atoms with Crippen molar-refractivity contribution in [3.05, 3.63) is 53.6 Å². The first kappa shape index (κ1) is 17.3. The van der Waals surface area contributed by atoms with Crippen LogP contribution < -0.4 is 9.62 Å². The molecule has 0 aromatic heterocycles. The fraction of sp³-hybridized carbons (Fsp3) is 0.188. The Labute approximate surface area is 142 Å². The SMILES string of the molecule is CN1C(=O)Cc2cc(S(=O)(=O)Nc3ccc(C(F)(F)F)cc3)ccc21. The number of fused-ring (bicyclic) bond motifs is 1. The Morgan fingerprint density at radius 2 is 1.72 bits per heavy atom. The zero-order valence-corrected chi connectivity index (χ0v) is 13.8. The number of sulfonamides is 1. The molecule has 1 heterocycles. The van der Waals surface area contributed by atoms with Gasteiger partial charge < -0.3 is 4.90 Å². The number of rotatable bonds is 3. The number of hydrogen-bond donors (Lipinski definition) is 1. The molecule has 5 nitrogen and oxygen atoms in total. The Morgan fingerprint density at radius 1 is 1.08 bits per heavy atom. The molecule has 1 N–H and O–H groups in total. The summed E-state index contributed by atoms with van der Waals surface area (Å²) < 4.78 is 64.7. The number of carbonyl (C=O) groups is 1. The van der Waals surface area contributed by atoms with Crippen LogP contribution >= 0.6 is 0 Å². The van der Waals surface area contributed by atoms with E-state index >= 15 is 0 Å². The molecule has 0 radical (unpaired) electrons. The number of halogens is 3. The fourth-order valence-electron chi connectivity index (χ4n) is 2.56. The molecule has 0 atom stereocenters. The molecule has 0 fully saturated rings. The highest BCUT2D eigenvalue weighted by atomic mass is 32.2. The van der Waals surface area contributed by atoms with E-state index in [4.69, 9.17) is 0 Å². The van der Waals surface area contributed by atoms with Gasteiger partial charge in [0.2, 0.25) is 5.91 Å². The minimum atomic E-state index is -4.49. The zero-order chi connectivity index (χ0) is 18.4. The lowest BCUT2D eigenvalue weighted by molar-refractivity contribution is -0.137. The molecular formula is C16H13F3N2O3S.